The lowest BCUT2D eigenvalue weighted by Gasteiger charge is -2.31. The van der Waals surface area contributed by atoms with Crippen LogP contribution in [0.2, 0.25) is 0 Å². The van der Waals surface area contributed by atoms with E-state index < -0.39 is 10.0 Å². The molecule has 0 atom stereocenters. The standard InChI is InChI=1S/C21H32N2O3S/c1-3-14-27(25,26)23(21-8-9-21)16-20-6-4-18(5-7-20)15-19-10-12-22(13-11-19)17(2)24/h4-7,19,21H,3,8-16H2,1-2H3. The van der Waals surface area contributed by atoms with E-state index in [1.165, 1.54) is 5.56 Å². The minimum Gasteiger partial charge on any atom is -0.343 e. The first-order chi connectivity index (χ1) is 12.9. The predicted molar refractivity (Wildman–Crippen MR) is 108 cm³/mol. The number of nitrogens with zero attached hydrogens (tertiary/aromatic N) is 2. The molecule has 0 bridgehead atoms. The summed E-state index contributed by atoms with van der Waals surface area (Å²) in [6.45, 7) is 5.78. The van der Waals surface area contributed by atoms with Gasteiger partial charge in [-0.3, -0.25) is 4.79 Å². The number of carbonyl (C=O) groups excluding carboxylic acids is 1. The molecule has 0 spiro atoms. The number of amides is 1. The van der Waals surface area contributed by atoms with Crippen molar-refractivity contribution in [1.29, 1.82) is 0 Å². The Kier molecular flexibility index (Phi) is 6.58. The summed E-state index contributed by atoms with van der Waals surface area (Å²) in [6, 6.07) is 8.65. The minimum absolute atomic E-state index is 0.177. The molecule has 150 valence electrons. The maximum Gasteiger partial charge on any atom is 0.219 e. The molecule has 6 heteroatoms. The van der Waals surface area contributed by atoms with E-state index in [9.17, 15) is 13.2 Å². The number of rotatable bonds is 8. The van der Waals surface area contributed by atoms with Crippen molar-refractivity contribution in [2.75, 3.05) is 18.8 Å². The maximum atomic E-state index is 12.5. The number of carbonyl (C=O) groups is 1. The molecule has 27 heavy (non-hydrogen) atoms. The van der Waals surface area contributed by atoms with Crippen LogP contribution in [0, 0.1) is 5.92 Å². The van der Waals surface area contributed by atoms with Crippen LogP contribution >= 0.6 is 0 Å². The van der Waals surface area contributed by atoms with Crippen molar-refractivity contribution in [3.8, 4) is 0 Å². The van der Waals surface area contributed by atoms with Gasteiger partial charge in [0.2, 0.25) is 15.9 Å². The minimum atomic E-state index is -3.15. The van der Waals surface area contributed by atoms with Gasteiger partial charge in [0.1, 0.15) is 0 Å². The summed E-state index contributed by atoms with van der Waals surface area (Å²) in [5.74, 6) is 1.04. The van der Waals surface area contributed by atoms with Crippen LogP contribution in [-0.4, -0.2) is 48.4 Å². The van der Waals surface area contributed by atoms with Crippen molar-refractivity contribution in [3.63, 3.8) is 0 Å². The monoisotopic (exact) mass is 392 g/mol. The summed E-state index contributed by atoms with van der Waals surface area (Å²) >= 11 is 0. The molecule has 1 saturated heterocycles. The Morgan fingerprint density at radius 1 is 1.07 bits per heavy atom. The predicted octanol–water partition coefficient (Wildman–Crippen LogP) is 3.19. The third-order valence-corrected chi connectivity index (χ3v) is 7.79. The highest BCUT2D eigenvalue weighted by Gasteiger charge is 2.36. The normalized spacial score (nSPS) is 18.9. The molecule has 3 rings (SSSR count). The van der Waals surface area contributed by atoms with E-state index in [4.69, 9.17) is 0 Å². The van der Waals surface area contributed by atoms with E-state index in [-0.39, 0.29) is 17.7 Å². The molecule has 0 N–H and O–H groups in total. The van der Waals surface area contributed by atoms with Crippen molar-refractivity contribution >= 4 is 15.9 Å². The molecule has 1 saturated carbocycles. The van der Waals surface area contributed by atoms with Crippen molar-refractivity contribution < 1.29 is 13.2 Å². The second kappa shape index (κ2) is 8.74. The lowest BCUT2D eigenvalue weighted by Crippen LogP contribution is -2.37. The van der Waals surface area contributed by atoms with E-state index in [1.807, 2.05) is 11.8 Å². The van der Waals surface area contributed by atoms with Crippen molar-refractivity contribution in [2.24, 2.45) is 5.92 Å². The van der Waals surface area contributed by atoms with Gasteiger partial charge in [-0.05, 0) is 55.6 Å². The second-order valence-corrected chi connectivity index (χ2v) is 10.1. The molecule has 1 aliphatic heterocycles. The Morgan fingerprint density at radius 3 is 2.19 bits per heavy atom. The summed E-state index contributed by atoms with van der Waals surface area (Å²) in [4.78, 5) is 13.4. The Balaban J connectivity index is 1.56. The molecule has 0 unspecified atom stereocenters. The molecule has 0 aromatic heterocycles. The van der Waals surface area contributed by atoms with Crippen LogP contribution in [0.3, 0.4) is 0 Å². The lowest BCUT2D eigenvalue weighted by molar-refractivity contribution is -0.130. The molecule has 1 aromatic carbocycles. The zero-order chi connectivity index (χ0) is 19.4. The first-order valence-corrected chi connectivity index (χ1v) is 11.8. The van der Waals surface area contributed by atoms with E-state index in [0.717, 1.165) is 50.8 Å². The van der Waals surface area contributed by atoms with Gasteiger partial charge in [0, 0.05) is 32.6 Å². The molecule has 1 aliphatic carbocycles. The fourth-order valence-electron chi connectivity index (χ4n) is 3.94. The summed E-state index contributed by atoms with van der Waals surface area (Å²) in [5.41, 5.74) is 2.37. The van der Waals surface area contributed by atoms with E-state index >= 15 is 0 Å². The fourth-order valence-corrected chi connectivity index (χ4v) is 5.70. The topological polar surface area (TPSA) is 57.7 Å². The van der Waals surface area contributed by atoms with Crippen LogP contribution in [0.15, 0.2) is 24.3 Å². The quantitative estimate of drug-likeness (QED) is 0.683. The molecular weight excluding hydrogens is 360 g/mol. The highest BCUT2D eigenvalue weighted by atomic mass is 32.2. The number of hydrogen-bond acceptors (Lipinski definition) is 3. The summed E-state index contributed by atoms with van der Waals surface area (Å²) in [6.07, 6.45) is 5.79. The van der Waals surface area contributed by atoms with Gasteiger partial charge >= 0.3 is 0 Å². The molecule has 1 amide bonds. The van der Waals surface area contributed by atoms with Gasteiger partial charge in [-0.25, -0.2) is 8.42 Å². The Labute approximate surface area is 163 Å². The van der Waals surface area contributed by atoms with Crippen LogP contribution in [0.25, 0.3) is 0 Å². The highest BCUT2D eigenvalue weighted by molar-refractivity contribution is 7.89. The average molecular weight is 393 g/mol. The number of benzene rings is 1. The fraction of sp³-hybridized carbons (Fsp3) is 0.667. The van der Waals surface area contributed by atoms with Gasteiger partial charge in [-0.2, -0.15) is 4.31 Å². The van der Waals surface area contributed by atoms with Gasteiger partial charge in [-0.1, -0.05) is 31.2 Å². The lowest BCUT2D eigenvalue weighted by atomic mass is 9.90. The van der Waals surface area contributed by atoms with Gasteiger partial charge in [-0.15, -0.1) is 0 Å². The summed E-state index contributed by atoms with van der Waals surface area (Å²) < 4.78 is 26.7. The highest BCUT2D eigenvalue weighted by Crippen LogP contribution is 2.31. The van der Waals surface area contributed by atoms with E-state index in [0.29, 0.717) is 18.9 Å². The SMILES string of the molecule is CCCS(=O)(=O)N(Cc1ccc(CC2CCN(C(C)=O)CC2)cc1)C1CC1. The molecule has 0 radical (unpaired) electrons. The smallest absolute Gasteiger partial charge is 0.219 e. The number of piperidine rings is 1. The zero-order valence-electron chi connectivity index (χ0n) is 16.6. The van der Waals surface area contributed by atoms with E-state index in [1.54, 1.807) is 11.2 Å². The van der Waals surface area contributed by atoms with Crippen LogP contribution < -0.4 is 0 Å². The zero-order valence-corrected chi connectivity index (χ0v) is 17.4. The third-order valence-electron chi connectivity index (χ3n) is 5.72. The van der Waals surface area contributed by atoms with Crippen LogP contribution in [0.4, 0.5) is 0 Å². The second-order valence-electron chi connectivity index (χ2n) is 8.06. The third kappa shape index (κ3) is 5.55. The molecular formula is C21H32N2O3S. The average Bonchev–Trinajstić information content (AvgIpc) is 3.46. The number of likely N-dealkylation sites (tertiary alicyclic amines) is 1. The molecule has 1 aromatic rings. The van der Waals surface area contributed by atoms with E-state index in [2.05, 4.69) is 24.3 Å². The first-order valence-electron chi connectivity index (χ1n) is 10.2. The van der Waals surface area contributed by atoms with Crippen LogP contribution in [0.1, 0.15) is 57.1 Å². The summed E-state index contributed by atoms with van der Waals surface area (Å²) in [7, 11) is -3.15. The molecule has 2 fully saturated rings. The van der Waals surface area contributed by atoms with Crippen molar-refractivity contribution in [1.82, 2.24) is 9.21 Å². The molecule has 1 heterocycles. The van der Waals surface area contributed by atoms with Gasteiger partial charge in [0.15, 0.2) is 0 Å². The summed E-state index contributed by atoms with van der Waals surface area (Å²) in [5, 5.41) is 0. The first kappa shape index (κ1) is 20.3. The maximum absolute atomic E-state index is 12.5. The molecule has 5 nitrogen and oxygen atoms in total. The van der Waals surface area contributed by atoms with Gasteiger partial charge < -0.3 is 4.90 Å². The number of hydrogen-bond donors (Lipinski definition) is 0. The van der Waals surface area contributed by atoms with Crippen LogP contribution in [-0.2, 0) is 27.8 Å². The molecule has 2 aliphatic rings. The Hall–Kier alpha value is -1.40. The van der Waals surface area contributed by atoms with Gasteiger partial charge in [0.25, 0.3) is 0 Å². The van der Waals surface area contributed by atoms with Crippen molar-refractivity contribution in [3.05, 3.63) is 35.4 Å². The number of sulfonamides is 1. The Bertz CT molecular complexity index is 733. The van der Waals surface area contributed by atoms with Crippen molar-refractivity contribution in [2.45, 2.75) is 65.0 Å². The Morgan fingerprint density at radius 2 is 1.67 bits per heavy atom. The van der Waals surface area contributed by atoms with Gasteiger partial charge in [0.05, 0.1) is 5.75 Å². The largest absolute Gasteiger partial charge is 0.343 e. The van der Waals surface area contributed by atoms with Crippen LogP contribution in [0.5, 0.6) is 0 Å².